The number of hydrogen-bond acceptors (Lipinski definition) is 4. The van der Waals surface area contributed by atoms with Crippen LogP contribution >= 0.6 is 0 Å². The highest BCUT2D eigenvalue weighted by Gasteiger charge is 2.35. The second-order valence-electron chi connectivity index (χ2n) is 9.25. The molecule has 2 heterocycles. The van der Waals surface area contributed by atoms with Crippen molar-refractivity contribution in [1.82, 2.24) is 14.6 Å². The van der Waals surface area contributed by atoms with E-state index in [-0.39, 0.29) is 11.5 Å². The molecule has 0 aliphatic carbocycles. The van der Waals surface area contributed by atoms with Crippen LogP contribution in [-0.4, -0.2) is 26.3 Å². The Bertz CT molecular complexity index is 1450. The van der Waals surface area contributed by atoms with Gasteiger partial charge in [0.25, 0.3) is 0 Å². The number of ketones is 1. The van der Waals surface area contributed by atoms with Crippen LogP contribution in [0.15, 0.2) is 60.8 Å². The van der Waals surface area contributed by atoms with E-state index in [9.17, 15) is 22.8 Å². The molecule has 2 aromatic heterocycles. The highest BCUT2D eigenvalue weighted by Crippen LogP contribution is 2.38. The first kappa shape index (κ1) is 24.1. The Balaban J connectivity index is 1.75. The Labute approximate surface area is 199 Å². The fourth-order valence-corrected chi connectivity index (χ4v) is 3.44. The van der Waals surface area contributed by atoms with E-state index in [2.05, 4.69) is 15.4 Å². The summed E-state index contributed by atoms with van der Waals surface area (Å²) in [6.45, 7) is 6.35. The number of nitrogens with one attached hydrogen (secondary N) is 1. The van der Waals surface area contributed by atoms with Crippen LogP contribution in [0.25, 0.3) is 28.2 Å². The van der Waals surface area contributed by atoms with Crippen molar-refractivity contribution in [3.05, 3.63) is 71.9 Å². The topological polar surface area (TPSA) is 76.4 Å². The normalized spacial score (nSPS) is 12.1. The predicted molar refractivity (Wildman–Crippen MR) is 127 cm³/mol. The maximum Gasteiger partial charge on any atom is 0.418 e. The van der Waals surface area contributed by atoms with E-state index < -0.39 is 23.1 Å². The van der Waals surface area contributed by atoms with Crippen molar-refractivity contribution in [2.75, 3.05) is 5.32 Å². The zero-order valence-electron chi connectivity index (χ0n) is 19.6. The minimum atomic E-state index is -4.64. The van der Waals surface area contributed by atoms with Gasteiger partial charge >= 0.3 is 6.18 Å². The Morgan fingerprint density at radius 2 is 1.63 bits per heavy atom. The third-order valence-electron chi connectivity index (χ3n) is 5.44. The minimum Gasteiger partial charge on any atom is -0.325 e. The molecule has 0 unspecified atom stereocenters. The number of fused-ring (bicyclic) bond motifs is 1. The standard InChI is InChI=1S/C26H23F3N4O2/c1-15(34)16-6-5-7-17(12-16)20-10-11-23-30-22(14-33(23)32-20)18-8-9-19(26(27,28)29)21(13-18)31-24(35)25(2,3)4/h5-14H,1-4H3,(H,31,35). The van der Waals surface area contributed by atoms with Crippen LogP contribution in [0.1, 0.15) is 43.6 Å². The number of benzene rings is 2. The highest BCUT2D eigenvalue weighted by molar-refractivity contribution is 5.96. The molecule has 6 nitrogen and oxygen atoms in total. The third-order valence-corrected chi connectivity index (χ3v) is 5.44. The summed E-state index contributed by atoms with van der Waals surface area (Å²) < 4.78 is 42.3. The summed E-state index contributed by atoms with van der Waals surface area (Å²) in [4.78, 5) is 28.6. The summed E-state index contributed by atoms with van der Waals surface area (Å²) in [5.41, 5.74) is 1.06. The summed E-state index contributed by atoms with van der Waals surface area (Å²) in [7, 11) is 0. The van der Waals surface area contributed by atoms with Crippen molar-refractivity contribution in [2.45, 2.75) is 33.9 Å². The van der Waals surface area contributed by atoms with Crippen molar-refractivity contribution in [2.24, 2.45) is 5.41 Å². The molecule has 1 N–H and O–H groups in total. The number of anilines is 1. The number of Topliss-reactive ketones (excluding diaryl/α,β-unsaturated/α-hetero) is 1. The number of imidazole rings is 1. The summed E-state index contributed by atoms with van der Waals surface area (Å²) in [6.07, 6.45) is -3.03. The van der Waals surface area contributed by atoms with Gasteiger partial charge in [-0.2, -0.15) is 18.3 Å². The van der Waals surface area contributed by atoms with Gasteiger partial charge in [-0.05, 0) is 37.3 Å². The molecule has 0 atom stereocenters. The minimum absolute atomic E-state index is 0.0606. The second kappa shape index (κ2) is 8.65. The molecule has 0 saturated carbocycles. The largest absolute Gasteiger partial charge is 0.418 e. The number of rotatable bonds is 4. The van der Waals surface area contributed by atoms with Gasteiger partial charge in [0.2, 0.25) is 5.91 Å². The summed E-state index contributed by atoms with van der Waals surface area (Å²) >= 11 is 0. The van der Waals surface area contributed by atoms with Crippen molar-refractivity contribution >= 4 is 23.0 Å². The quantitative estimate of drug-likeness (QED) is 0.349. The number of aromatic nitrogens is 3. The monoisotopic (exact) mass is 480 g/mol. The van der Waals surface area contributed by atoms with Crippen molar-refractivity contribution in [1.29, 1.82) is 0 Å². The molecule has 180 valence electrons. The van der Waals surface area contributed by atoms with E-state index in [1.807, 2.05) is 6.07 Å². The molecule has 2 aromatic carbocycles. The zero-order valence-corrected chi connectivity index (χ0v) is 19.6. The molecular weight excluding hydrogens is 457 g/mol. The first-order valence-electron chi connectivity index (χ1n) is 10.8. The average Bonchev–Trinajstić information content (AvgIpc) is 3.21. The third kappa shape index (κ3) is 5.08. The van der Waals surface area contributed by atoms with E-state index >= 15 is 0 Å². The molecule has 4 rings (SSSR count). The first-order valence-corrected chi connectivity index (χ1v) is 10.8. The zero-order chi connectivity index (χ0) is 25.5. The fourth-order valence-electron chi connectivity index (χ4n) is 3.44. The number of hydrogen-bond donors (Lipinski definition) is 1. The van der Waals surface area contributed by atoms with Crippen LogP contribution in [0.4, 0.5) is 18.9 Å². The Morgan fingerprint density at radius 3 is 2.29 bits per heavy atom. The lowest BCUT2D eigenvalue weighted by Crippen LogP contribution is -2.28. The summed E-state index contributed by atoms with van der Waals surface area (Å²) in [5, 5.41) is 6.95. The van der Waals surface area contributed by atoms with Gasteiger partial charge in [-0.15, -0.1) is 0 Å². The van der Waals surface area contributed by atoms with Gasteiger partial charge in [-0.25, -0.2) is 9.50 Å². The van der Waals surface area contributed by atoms with Crippen LogP contribution in [0.3, 0.4) is 0 Å². The number of nitrogens with zero attached hydrogens (tertiary/aromatic N) is 3. The van der Waals surface area contributed by atoms with Gasteiger partial charge in [0.15, 0.2) is 11.4 Å². The predicted octanol–water partition coefficient (Wildman–Crippen LogP) is 6.27. The van der Waals surface area contributed by atoms with E-state index in [1.54, 1.807) is 57.3 Å². The maximum atomic E-state index is 13.6. The van der Waals surface area contributed by atoms with Crippen LogP contribution in [0, 0.1) is 5.41 Å². The van der Waals surface area contributed by atoms with E-state index in [1.165, 1.54) is 23.6 Å². The molecule has 4 aromatic rings. The van der Waals surface area contributed by atoms with Crippen LogP contribution in [-0.2, 0) is 11.0 Å². The number of halogens is 3. The molecule has 0 saturated heterocycles. The highest BCUT2D eigenvalue weighted by atomic mass is 19.4. The fraction of sp³-hybridized carbons (Fsp3) is 0.231. The first-order chi connectivity index (χ1) is 16.3. The Morgan fingerprint density at radius 1 is 0.914 bits per heavy atom. The van der Waals surface area contributed by atoms with E-state index in [0.29, 0.717) is 28.2 Å². The van der Waals surface area contributed by atoms with Gasteiger partial charge in [0, 0.05) is 22.1 Å². The maximum absolute atomic E-state index is 13.6. The van der Waals surface area contributed by atoms with Crippen LogP contribution in [0.2, 0.25) is 0 Å². The number of carbonyl (C=O) groups is 2. The molecular formula is C26H23F3N4O2. The Kier molecular flexibility index (Phi) is 5.96. The molecule has 0 bridgehead atoms. The molecule has 0 fully saturated rings. The molecule has 0 aliphatic heterocycles. The van der Waals surface area contributed by atoms with Crippen molar-refractivity contribution in [3.8, 4) is 22.5 Å². The molecule has 0 aliphatic rings. The number of carbonyl (C=O) groups excluding carboxylic acids is 2. The van der Waals surface area contributed by atoms with Gasteiger partial charge in [0.05, 0.1) is 28.8 Å². The smallest absolute Gasteiger partial charge is 0.325 e. The molecule has 9 heteroatoms. The number of amides is 1. The molecule has 35 heavy (non-hydrogen) atoms. The van der Waals surface area contributed by atoms with Crippen molar-refractivity contribution < 1.29 is 22.8 Å². The van der Waals surface area contributed by atoms with Crippen molar-refractivity contribution in [3.63, 3.8) is 0 Å². The van der Waals surface area contributed by atoms with Crippen LogP contribution < -0.4 is 5.32 Å². The Hall–Kier alpha value is -4.01. The van der Waals surface area contributed by atoms with Gasteiger partial charge < -0.3 is 5.32 Å². The van der Waals surface area contributed by atoms with Crippen LogP contribution in [0.5, 0.6) is 0 Å². The lowest BCUT2D eigenvalue weighted by Gasteiger charge is -2.20. The van der Waals surface area contributed by atoms with Gasteiger partial charge in [-0.1, -0.05) is 45.0 Å². The lowest BCUT2D eigenvalue weighted by molar-refractivity contribution is -0.137. The molecule has 1 amide bonds. The SMILES string of the molecule is CC(=O)c1cccc(-c2ccc3nc(-c4ccc(C(F)(F)F)c(NC(=O)C(C)(C)C)c4)cn3n2)c1. The van der Waals surface area contributed by atoms with E-state index in [4.69, 9.17) is 0 Å². The molecule has 0 spiro atoms. The summed E-state index contributed by atoms with van der Waals surface area (Å²) in [5.74, 6) is -0.594. The average molecular weight is 480 g/mol. The number of alkyl halides is 3. The second-order valence-corrected chi connectivity index (χ2v) is 9.25. The van der Waals surface area contributed by atoms with Gasteiger partial charge in [-0.3, -0.25) is 9.59 Å². The van der Waals surface area contributed by atoms with Gasteiger partial charge in [0.1, 0.15) is 0 Å². The summed E-state index contributed by atoms with van der Waals surface area (Å²) in [6, 6.07) is 14.1. The van der Waals surface area contributed by atoms with E-state index in [0.717, 1.165) is 11.6 Å². The molecule has 0 radical (unpaired) electrons. The lowest BCUT2D eigenvalue weighted by atomic mass is 9.95.